The first-order valence-electron chi connectivity index (χ1n) is 7.98. The molecule has 0 atom stereocenters. The maximum absolute atomic E-state index is 10.6. The monoisotopic (exact) mass is 456 g/mol. The van der Waals surface area contributed by atoms with E-state index in [-0.39, 0.29) is 29.7 Å². The van der Waals surface area contributed by atoms with Gasteiger partial charge < -0.3 is 11.1 Å². The van der Waals surface area contributed by atoms with Gasteiger partial charge in [-0.25, -0.2) is 0 Å². The van der Waals surface area contributed by atoms with E-state index in [4.69, 9.17) is 5.73 Å². The van der Waals surface area contributed by atoms with Crippen LogP contribution in [0.1, 0.15) is 24.0 Å². The van der Waals surface area contributed by atoms with Crippen LogP contribution in [0.3, 0.4) is 0 Å². The number of aromatic nitrogens is 2. The van der Waals surface area contributed by atoms with Gasteiger partial charge in [-0.15, -0.1) is 24.0 Å². The summed E-state index contributed by atoms with van der Waals surface area (Å²) in [4.78, 5) is 14.4. The van der Waals surface area contributed by atoms with E-state index in [0.717, 1.165) is 18.5 Å². The highest BCUT2D eigenvalue weighted by molar-refractivity contribution is 14.0. The molecule has 0 amide bonds. The number of fused-ring (bicyclic) bond motifs is 1. The molecule has 0 radical (unpaired) electrons. The standard InChI is InChI=1S/C16H20N6O2.HI/c17-16(18-8-9-21-11-13(10-19-21)22(23)24)20-15-7-3-5-12-4-1-2-6-14(12)15;/h3,5,7,10-11H,1-2,4,6,8-9H2,(H3,17,18,20);1H. The van der Waals surface area contributed by atoms with E-state index in [2.05, 4.69) is 21.5 Å². The molecule has 0 saturated heterocycles. The highest BCUT2D eigenvalue weighted by Gasteiger charge is 2.13. The van der Waals surface area contributed by atoms with Crippen molar-refractivity contribution in [3.63, 3.8) is 0 Å². The minimum atomic E-state index is -0.471. The topological polar surface area (TPSA) is 111 Å². The van der Waals surface area contributed by atoms with Crippen molar-refractivity contribution in [2.75, 3.05) is 11.9 Å². The Morgan fingerprint density at radius 2 is 2.20 bits per heavy atom. The molecule has 0 aliphatic heterocycles. The summed E-state index contributed by atoms with van der Waals surface area (Å²) >= 11 is 0. The first kappa shape index (κ1) is 19.2. The van der Waals surface area contributed by atoms with E-state index in [1.807, 2.05) is 12.1 Å². The molecule has 0 unspecified atom stereocenters. The predicted molar refractivity (Wildman–Crippen MR) is 107 cm³/mol. The van der Waals surface area contributed by atoms with Crippen molar-refractivity contribution in [1.29, 1.82) is 0 Å². The van der Waals surface area contributed by atoms with E-state index in [1.165, 1.54) is 41.0 Å². The summed E-state index contributed by atoms with van der Waals surface area (Å²) < 4.78 is 1.49. The molecule has 1 aromatic carbocycles. The van der Waals surface area contributed by atoms with E-state index in [0.29, 0.717) is 19.0 Å². The largest absolute Gasteiger partial charge is 0.370 e. The molecule has 134 valence electrons. The number of guanidine groups is 1. The van der Waals surface area contributed by atoms with Gasteiger partial charge >= 0.3 is 5.69 Å². The predicted octanol–water partition coefficient (Wildman–Crippen LogP) is 2.71. The van der Waals surface area contributed by atoms with Gasteiger partial charge in [-0.3, -0.25) is 19.8 Å². The number of nitrogens with zero attached hydrogens (tertiary/aromatic N) is 4. The Balaban J connectivity index is 0.00000225. The lowest BCUT2D eigenvalue weighted by Gasteiger charge is -2.19. The summed E-state index contributed by atoms with van der Waals surface area (Å²) in [5, 5.41) is 17.7. The van der Waals surface area contributed by atoms with Gasteiger partial charge in [0.1, 0.15) is 12.4 Å². The second-order valence-corrected chi connectivity index (χ2v) is 5.76. The molecule has 2 aromatic rings. The molecular weight excluding hydrogens is 435 g/mol. The average Bonchev–Trinajstić information content (AvgIpc) is 3.04. The molecule has 1 aliphatic carbocycles. The lowest BCUT2D eigenvalue weighted by molar-refractivity contribution is -0.385. The van der Waals surface area contributed by atoms with Crippen LogP contribution in [0.25, 0.3) is 0 Å². The third kappa shape index (κ3) is 4.91. The Labute approximate surface area is 162 Å². The molecular formula is C16H21IN6O2. The molecule has 1 aliphatic rings. The van der Waals surface area contributed by atoms with Gasteiger partial charge in [0.15, 0.2) is 5.96 Å². The molecule has 0 spiro atoms. The van der Waals surface area contributed by atoms with E-state index in [9.17, 15) is 10.1 Å². The number of hydrogen-bond acceptors (Lipinski definition) is 4. The summed E-state index contributed by atoms with van der Waals surface area (Å²) in [6.07, 6.45) is 7.20. The molecule has 0 saturated carbocycles. The first-order chi connectivity index (χ1) is 11.6. The Bertz CT molecular complexity index is 774. The summed E-state index contributed by atoms with van der Waals surface area (Å²) in [6, 6.07) is 6.21. The number of aliphatic imine (C=N–C) groups is 1. The van der Waals surface area contributed by atoms with Crippen LogP contribution >= 0.6 is 24.0 Å². The van der Waals surface area contributed by atoms with Gasteiger partial charge in [0.05, 0.1) is 18.0 Å². The number of rotatable bonds is 5. The molecule has 1 heterocycles. The van der Waals surface area contributed by atoms with Crippen LogP contribution in [0.5, 0.6) is 0 Å². The number of nitrogens with one attached hydrogen (secondary N) is 1. The van der Waals surface area contributed by atoms with Crippen molar-refractivity contribution in [3.8, 4) is 0 Å². The number of halogens is 1. The number of anilines is 1. The Morgan fingerprint density at radius 1 is 1.40 bits per heavy atom. The average molecular weight is 456 g/mol. The van der Waals surface area contributed by atoms with Gasteiger partial charge in [-0.2, -0.15) is 5.10 Å². The summed E-state index contributed by atoms with van der Waals surface area (Å²) in [7, 11) is 0. The van der Waals surface area contributed by atoms with E-state index >= 15 is 0 Å². The van der Waals surface area contributed by atoms with Gasteiger partial charge in [0.25, 0.3) is 0 Å². The molecule has 0 bridgehead atoms. The fourth-order valence-corrected chi connectivity index (χ4v) is 2.92. The van der Waals surface area contributed by atoms with E-state index < -0.39 is 4.92 Å². The Hall–Kier alpha value is -2.17. The van der Waals surface area contributed by atoms with Gasteiger partial charge in [-0.1, -0.05) is 12.1 Å². The molecule has 3 N–H and O–H groups in total. The zero-order valence-corrected chi connectivity index (χ0v) is 16.1. The molecule has 8 nitrogen and oxygen atoms in total. The highest BCUT2D eigenvalue weighted by Crippen LogP contribution is 2.27. The van der Waals surface area contributed by atoms with Crippen molar-refractivity contribution in [2.45, 2.75) is 32.2 Å². The SMILES string of the molecule is I.NC(=NCCn1cc([N+](=O)[O-])cn1)Nc1cccc2c1CCCC2. The molecule has 3 rings (SSSR count). The van der Waals surface area contributed by atoms with Crippen LogP contribution in [0.15, 0.2) is 35.6 Å². The van der Waals surface area contributed by atoms with Crippen molar-refractivity contribution < 1.29 is 4.92 Å². The number of nitro groups is 1. The molecule has 9 heteroatoms. The lowest BCUT2D eigenvalue weighted by Crippen LogP contribution is -2.24. The van der Waals surface area contributed by atoms with Gasteiger partial charge in [0.2, 0.25) is 0 Å². The normalized spacial score (nSPS) is 13.7. The minimum absolute atomic E-state index is 0. The van der Waals surface area contributed by atoms with Crippen LogP contribution in [0.4, 0.5) is 11.4 Å². The van der Waals surface area contributed by atoms with Crippen LogP contribution in [-0.2, 0) is 19.4 Å². The third-order valence-corrected chi connectivity index (χ3v) is 4.10. The van der Waals surface area contributed by atoms with Crippen LogP contribution in [0, 0.1) is 10.1 Å². The van der Waals surface area contributed by atoms with Crippen molar-refractivity contribution >= 4 is 41.3 Å². The highest BCUT2D eigenvalue weighted by atomic mass is 127. The van der Waals surface area contributed by atoms with Crippen LogP contribution < -0.4 is 11.1 Å². The van der Waals surface area contributed by atoms with Gasteiger partial charge in [-0.05, 0) is 42.9 Å². The Kier molecular flexibility index (Phi) is 6.73. The smallest absolute Gasteiger partial charge is 0.306 e. The molecule has 25 heavy (non-hydrogen) atoms. The van der Waals surface area contributed by atoms with Crippen molar-refractivity contribution in [3.05, 3.63) is 51.8 Å². The maximum atomic E-state index is 10.6. The number of benzene rings is 1. The fraction of sp³-hybridized carbons (Fsp3) is 0.375. The van der Waals surface area contributed by atoms with Crippen LogP contribution in [-0.4, -0.2) is 27.2 Å². The van der Waals surface area contributed by atoms with Crippen molar-refractivity contribution in [2.24, 2.45) is 10.7 Å². The Morgan fingerprint density at radius 3 is 2.96 bits per heavy atom. The summed E-state index contributed by atoms with van der Waals surface area (Å²) in [5.41, 5.74) is 9.65. The zero-order valence-electron chi connectivity index (χ0n) is 13.7. The first-order valence-corrected chi connectivity index (χ1v) is 7.98. The second-order valence-electron chi connectivity index (χ2n) is 5.76. The number of aryl methyl sites for hydroxylation is 1. The summed E-state index contributed by atoms with van der Waals surface area (Å²) in [5.74, 6) is 0.343. The minimum Gasteiger partial charge on any atom is -0.370 e. The fourth-order valence-electron chi connectivity index (χ4n) is 2.92. The molecule has 0 fully saturated rings. The lowest BCUT2D eigenvalue weighted by atomic mass is 9.90. The third-order valence-electron chi connectivity index (χ3n) is 4.10. The number of hydrogen-bond donors (Lipinski definition) is 2. The van der Waals surface area contributed by atoms with E-state index in [1.54, 1.807) is 0 Å². The summed E-state index contributed by atoms with van der Waals surface area (Å²) in [6.45, 7) is 0.829. The van der Waals surface area contributed by atoms with Crippen LogP contribution in [0.2, 0.25) is 0 Å². The quantitative estimate of drug-likeness (QED) is 0.236. The second kappa shape index (κ2) is 8.79. The maximum Gasteiger partial charge on any atom is 0.306 e. The van der Waals surface area contributed by atoms with Gasteiger partial charge in [0, 0.05) is 5.69 Å². The number of nitrogens with two attached hydrogens (primary N) is 1. The zero-order chi connectivity index (χ0) is 16.9. The van der Waals surface area contributed by atoms with Crippen molar-refractivity contribution in [1.82, 2.24) is 9.78 Å². The molecule has 1 aromatic heterocycles.